The SMILES string of the molecule is CCNC(=O)/C=C(\C)c1cc2c3c(oc2cc1OCC)CCCC3. The molecule has 1 N–H and O–H groups in total. The summed E-state index contributed by atoms with van der Waals surface area (Å²) in [6.07, 6.45) is 6.11. The van der Waals surface area contributed by atoms with Gasteiger partial charge in [0.15, 0.2) is 0 Å². The molecule has 0 fully saturated rings. The molecule has 0 unspecified atom stereocenters. The van der Waals surface area contributed by atoms with E-state index in [2.05, 4.69) is 11.4 Å². The second-order valence-corrected chi connectivity index (χ2v) is 6.21. The summed E-state index contributed by atoms with van der Waals surface area (Å²) in [5.74, 6) is 1.81. The maximum Gasteiger partial charge on any atom is 0.244 e. The molecule has 1 aliphatic carbocycles. The van der Waals surface area contributed by atoms with Crippen LogP contribution in [0.3, 0.4) is 0 Å². The molecule has 0 radical (unpaired) electrons. The number of hydrogen-bond acceptors (Lipinski definition) is 3. The number of benzene rings is 1. The smallest absolute Gasteiger partial charge is 0.244 e. The Bertz CT molecular complexity index is 786. The fourth-order valence-corrected chi connectivity index (χ4v) is 3.37. The van der Waals surface area contributed by atoms with Gasteiger partial charge in [-0.05, 0) is 51.7 Å². The molecule has 0 saturated heterocycles. The van der Waals surface area contributed by atoms with Crippen LogP contribution in [-0.4, -0.2) is 19.1 Å². The molecule has 0 atom stereocenters. The lowest BCUT2D eigenvalue weighted by molar-refractivity contribution is -0.116. The average Bonchev–Trinajstić information content (AvgIpc) is 2.92. The van der Waals surface area contributed by atoms with E-state index in [-0.39, 0.29) is 5.91 Å². The van der Waals surface area contributed by atoms with Crippen LogP contribution < -0.4 is 10.1 Å². The lowest BCUT2D eigenvalue weighted by Gasteiger charge is -2.12. The van der Waals surface area contributed by atoms with E-state index in [1.807, 2.05) is 26.8 Å². The first-order valence-corrected chi connectivity index (χ1v) is 8.81. The van der Waals surface area contributed by atoms with Gasteiger partial charge in [-0.2, -0.15) is 0 Å². The van der Waals surface area contributed by atoms with Crippen molar-refractivity contribution in [2.24, 2.45) is 0 Å². The highest BCUT2D eigenvalue weighted by Crippen LogP contribution is 2.37. The minimum Gasteiger partial charge on any atom is -0.493 e. The normalized spacial score (nSPS) is 14.5. The number of allylic oxidation sites excluding steroid dienone is 1. The Labute approximate surface area is 142 Å². The highest BCUT2D eigenvalue weighted by Gasteiger charge is 2.20. The van der Waals surface area contributed by atoms with Crippen molar-refractivity contribution < 1.29 is 13.9 Å². The lowest BCUT2D eigenvalue weighted by Crippen LogP contribution is -2.20. The fraction of sp³-hybridized carbons (Fsp3) is 0.450. The Morgan fingerprint density at radius 2 is 2.08 bits per heavy atom. The lowest BCUT2D eigenvalue weighted by atomic mass is 9.94. The van der Waals surface area contributed by atoms with Crippen LogP contribution in [0, 0.1) is 0 Å². The number of rotatable bonds is 5. The number of nitrogens with one attached hydrogen (secondary N) is 1. The molecule has 0 spiro atoms. The van der Waals surface area contributed by atoms with Gasteiger partial charge in [-0.3, -0.25) is 4.79 Å². The van der Waals surface area contributed by atoms with Crippen LogP contribution in [0.5, 0.6) is 5.75 Å². The van der Waals surface area contributed by atoms with Gasteiger partial charge in [-0.1, -0.05) is 0 Å². The third-order valence-electron chi connectivity index (χ3n) is 4.48. The highest BCUT2D eigenvalue weighted by molar-refractivity contribution is 5.97. The van der Waals surface area contributed by atoms with Gasteiger partial charge in [0.05, 0.1) is 6.61 Å². The number of aryl methyl sites for hydroxylation is 2. The highest BCUT2D eigenvalue weighted by atomic mass is 16.5. The van der Waals surface area contributed by atoms with Gasteiger partial charge >= 0.3 is 0 Å². The van der Waals surface area contributed by atoms with E-state index in [1.165, 1.54) is 18.4 Å². The molecular weight excluding hydrogens is 302 g/mol. The number of likely N-dealkylation sites (N-methyl/N-ethyl adjacent to an activating group) is 1. The molecule has 1 aromatic heterocycles. The summed E-state index contributed by atoms with van der Waals surface area (Å²) in [4.78, 5) is 11.9. The van der Waals surface area contributed by atoms with Crippen molar-refractivity contribution in [2.45, 2.75) is 46.5 Å². The topological polar surface area (TPSA) is 51.5 Å². The number of carbonyl (C=O) groups excluding carboxylic acids is 1. The number of fused-ring (bicyclic) bond motifs is 3. The summed E-state index contributed by atoms with van der Waals surface area (Å²) in [5.41, 5.74) is 4.08. The Hall–Kier alpha value is -2.23. The van der Waals surface area contributed by atoms with E-state index in [1.54, 1.807) is 6.08 Å². The van der Waals surface area contributed by atoms with E-state index >= 15 is 0 Å². The quantitative estimate of drug-likeness (QED) is 0.835. The predicted octanol–water partition coefficient (Wildman–Crippen LogP) is 4.25. The molecule has 0 saturated carbocycles. The molecule has 0 bridgehead atoms. The van der Waals surface area contributed by atoms with E-state index in [0.29, 0.717) is 13.2 Å². The van der Waals surface area contributed by atoms with Gasteiger partial charge in [0.25, 0.3) is 0 Å². The van der Waals surface area contributed by atoms with Gasteiger partial charge in [-0.25, -0.2) is 0 Å². The first-order valence-electron chi connectivity index (χ1n) is 8.81. The van der Waals surface area contributed by atoms with Crippen LogP contribution in [0.1, 0.15) is 50.5 Å². The second-order valence-electron chi connectivity index (χ2n) is 6.21. The van der Waals surface area contributed by atoms with E-state index in [4.69, 9.17) is 9.15 Å². The van der Waals surface area contributed by atoms with Crippen LogP contribution in [0.25, 0.3) is 16.5 Å². The maximum atomic E-state index is 11.9. The Morgan fingerprint density at radius 1 is 1.29 bits per heavy atom. The molecule has 24 heavy (non-hydrogen) atoms. The minimum absolute atomic E-state index is 0.0771. The van der Waals surface area contributed by atoms with Gasteiger partial charge in [0.2, 0.25) is 5.91 Å². The van der Waals surface area contributed by atoms with Crippen molar-refractivity contribution in [2.75, 3.05) is 13.2 Å². The monoisotopic (exact) mass is 327 g/mol. The largest absolute Gasteiger partial charge is 0.493 e. The zero-order chi connectivity index (χ0) is 17.1. The van der Waals surface area contributed by atoms with Crippen LogP contribution in [0.15, 0.2) is 22.6 Å². The summed E-state index contributed by atoms with van der Waals surface area (Å²) in [7, 11) is 0. The van der Waals surface area contributed by atoms with E-state index < -0.39 is 0 Å². The van der Waals surface area contributed by atoms with Gasteiger partial charge in [-0.15, -0.1) is 0 Å². The first kappa shape index (κ1) is 16.6. The number of amides is 1. The molecule has 4 nitrogen and oxygen atoms in total. The minimum atomic E-state index is -0.0771. The Morgan fingerprint density at radius 3 is 2.83 bits per heavy atom. The third-order valence-corrected chi connectivity index (χ3v) is 4.48. The van der Waals surface area contributed by atoms with Crippen molar-refractivity contribution in [1.82, 2.24) is 5.32 Å². The molecule has 1 heterocycles. The summed E-state index contributed by atoms with van der Waals surface area (Å²) < 4.78 is 11.9. The molecule has 1 aliphatic rings. The number of ether oxygens (including phenoxy) is 1. The zero-order valence-electron chi connectivity index (χ0n) is 14.7. The van der Waals surface area contributed by atoms with E-state index in [9.17, 15) is 4.79 Å². The van der Waals surface area contributed by atoms with Crippen LogP contribution >= 0.6 is 0 Å². The standard InChI is InChI=1S/C20H25NO3/c1-4-21-20(22)10-13(3)15-11-16-14-8-6-7-9-17(14)24-19(16)12-18(15)23-5-2/h10-12H,4-9H2,1-3H3,(H,21,22)/b13-10+. The molecule has 2 aromatic rings. The maximum absolute atomic E-state index is 11.9. The molecule has 1 aromatic carbocycles. The van der Waals surface area contributed by atoms with Crippen LogP contribution in [-0.2, 0) is 17.6 Å². The van der Waals surface area contributed by atoms with Crippen LogP contribution in [0.4, 0.5) is 0 Å². The first-order chi connectivity index (χ1) is 11.6. The van der Waals surface area contributed by atoms with Crippen molar-refractivity contribution in [1.29, 1.82) is 0 Å². The Kier molecular flexibility index (Phi) is 4.93. The molecule has 1 amide bonds. The van der Waals surface area contributed by atoms with Gasteiger partial charge in [0, 0.05) is 41.6 Å². The Balaban J connectivity index is 2.10. The molecule has 4 heteroatoms. The number of hydrogen-bond donors (Lipinski definition) is 1. The van der Waals surface area contributed by atoms with Crippen molar-refractivity contribution in [3.63, 3.8) is 0 Å². The van der Waals surface area contributed by atoms with Crippen molar-refractivity contribution in [3.05, 3.63) is 35.1 Å². The zero-order valence-corrected chi connectivity index (χ0v) is 14.7. The third kappa shape index (κ3) is 3.18. The van der Waals surface area contributed by atoms with Crippen molar-refractivity contribution >= 4 is 22.4 Å². The number of furan rings is 1. The van der Waals surface area contributed by atoms with Gasteiger partial charge in [0.1, 0.15) is 17.1 Å². The average molecular weight is 327 g/mol. The van der Waals surface area contributed by atoms with Crippen molar-refractivity contribution in [3.8, 4) is 5.75 Å². The molecule has 3 rings (SSSR count). The van der Waals surface area contributed by atoms with Crippen LogP contribution in [0.2, 0.25) is 0 Å². The second kappa shape index (κ2) is 7.12. The summed E-state index contributed by atoms with van der Waals surface area (Å²) in [6.45, 7) is 7.02. The molecule has 128 valence electrons. The summed E-state index contributed by atoms with van der Waals surface area (Å²) in [5, 5.41) is 3.96. The van der Waals surface area contributed by atoms with E-state index in [0.717, 1.165) is 46.5 Å². The number of carbonyl (C=O) groups is 1. The molecular formula is C20H25NO3. The predicted molar refractivity (Wildman–Crippen MR) is 96.4 cm³/mol. The summed E-state index contributed by atoms with van der Waals surface area (Å²) in [6, 6.07) is 4.10. The summed E-state index contributed by atoms with van der Waals surface area (Å²) >= 11 is 0. The van der Waals surface area contributed by atoms with Gasteiger partial charge < -0.3 is 14.5 Å². The fourth-order valence-electron chi connectivity index (χ4n) is 3.37. The molecule has 0 aliphatic heterocycles.